The second-order valence-corrected chi connectivity index (χ2v) is 10.1. The predicted molar refractivity (Wildman–Crippen MR) is 119 cm³/mol. The van der Waals surface area contributed by atoms with Crippen LogP contribution in [0.15, 0.2) is 10.6 Å². The molecule has 0 amide bonds. The SMILES string of the molecule is Cc1cnc(CC(=O)C[C@H]2CC[C@H](CCN3CCc4nc(OCC(F)(F)F)sc4CC3)OC2)o1. The second kappa shape index (κ2) is 11.2. The van der Waals surface area contributed by atoms with Crippen LogP contribution in [0.5, 0.6) is 5.19 Å². The van der Waals surface area contributed by atoms with E-state index in [1.54, 1.807) is 6.20 Å². The van der Waals surface area contributed by atoms with Gasteiger partial charge < -0.3 is 18.8 Å². The van der Waals surface area contributed by atoms with Crippen LogP contribution in [0.2, 0.25) is 0 Å². The number of rotatable bonds is 9. The molecule has 0 unspecified atom stereocenters. The molecular weight excluding hydrogens is 471 g/mol. The van der Waals surface area contributed by atoms with Crippen LogP contribution in [0.1, 0.15) is 47.9 Å². The number of alkyl halides is 3. The first-order chi connectivity index (χ1) is 16.2. The number of hydrogen-bond acceptors (Lipinski definition) is 8. The van der Waals surface area contributed by atoms with Crippen LogP contribution in [0.4, 0.5) is 13.2 Å². The summed E-state index contributed by atoms with van der Waals surface area (Å²) in [5.41, 5.74) is 0.853. The van der Waals surface area contributed by atoms with Gasteiger partial charge in [0.1, 0.15) is 11.5 Å². The molecule has 1 saturated heterocycles. The maximum Gasteiger partial charge on any atom is 0.422 e. The van der Waals surface area contributed by atoms with Crippen molar-refractivity contribution < 1.29 is 31.9 Å². The Labute approximate surface area is 200 Å². The summed E-state index contributed by atoms with van der Waals surface area (Å²) in [7, 11) is 0. The number of oxazole rings is 1. The summed E-state index contributed by atoms with van der Waals surface area (Å²) >= 11 is 1.22. The Kier molecular flexibility index (Phi) is 8.26. The van der Waals surface area contributed by atoms with Gasteiger partial charge in [-0.1, -0.05) is 11.3 Å². The van der Waals surface area contributed by atoms with Crippen LogP contribution < -0.4 is 4.74 Å². The zero-order chi connectivity index (χ0) is 24.1. The third-order valence-electron chi connectivity index (χ3n) is 6.20. The minimum atomic E-state index is -4.35. The molecule has 0 spiro atoms. The molecule has 0 bridgehead atoms. The average Bonchev–Trinajstić information content (AvgIpc) is 3.32. The molecule has 4 heterocycles. The van der Waals surface area contributed by atoms with Gasteiger partial charge in [0.05, 0.1) is 31.0 Å². The highest BCUT2D eigenvalue weighted by Crippen LogP contribution is 2.30. The topological polar surface area (TPSA) is 77.7 Å². The monoisotopic (exact) mass is 501 g/mol. The van der Waals surface area contributed by atoms with Gasteiger partial charge in [0.2, 0.25) is 5.89 Å². The molecule has 2 aliphatic heterocycles. The van der Waals surface area contributed by atoms with E-state index >= 15 is 0 Å². The van der Waals surface area contributed by atoms with Crippen molar-refractivity contribution in [2.24, 2.45) is 5.92 Å². The molecule has 4 rings (SSSR count). The molecule has 1 fully saturated rings. The number of hydrogen-bond donors (Lipinski definition) is 0. The van der Waals surface area contributed by atoms with Crippen molar-refractivity contribution in [2.45, 2.75) is 64.1 Å². The molecule has 0 aromatic carbocycles. The van der Waals surface area contributed by atoms with Crippen LogP contribution in [-0.2, 0) is 28.8 Å². The highest BCUT2D eigenvalue weighted by Gasteiger charge is 2.30. The lowest BCUT2D eigenvalue weighted by Gasteiger charge is -2.30. The van der Waals surface area contributed by atoms with Crippen molar-refractivity contribution >= 4 is 17.1 Å². The number of fused-ring (bicyclic) bond motifs is 1. The molecule has 34 heavy (non-hydrogen) atoms. The lowest BCUT2D eigenvalue weighted by atomic mass is 9.92. The number of carbonyl (C=O) groups excluding carboxylic acids is 1. The van der Waals surface area contributed by atoms with Crippen molar-refractivity contribution in [3.63, 3.8) is 0 Å². The van der Waals surface area contributed by atoms with E-state index in [4.69, 9.17) is 13.9 Å². The van der Waals surface area contributed by atoms with Gasteiger partial charge in [0.15, 0.2) is 6.61 Å². The van der Waals surface area contributed by atoms with Crippen LogP contribution in [-0.4, -0.2) is 65.8 Å². The summed E-state index contributed by atoms with van der Waals surface area (Å²) in [6, 6.07) is 0. The minimum absolute atomic E-state index is 0.106. The number of ether oxygens (including phenoxy) is 2. The Balaban J connectivity index is 1.13. The number of aryl methyl sites for hydroxylation is 1. The third-order valence-corrected chi connectivity index (χ3v) is 7.27. The number of halogens is 3. The Bertz CT molecular complexity index is 928. The Hall–Kier alpha value is -1.98. The molecule has 188 valence electrons. The van der Waals surface area contributed by atoms with E-state index in [0.29, 0.717) is 31.1 Å². The van der Waals surface area contributed by atoms with Crippen molar-refractivity contribution in [1.29, 1.82) is 0 Å². The molecule has 0 saturated carbocycles. The first-order valence-electron chi connectivity index (χ1n) is 11.7. The molecule has 2 aromatic heterocycles. The normalized spacial score (nSPS) is 21.8. The number of thiazole rings is 1. The summed E-state index contributed by atoms with van der Waals surface area (Å²) in [6.07, 6.45) is 2.51. The van der Waals surface area contributed by atoms with Crippen LogP contribution >= 0.6 is 11.3 Å². The molecule has 0 N–H and O–H groups in total. The van der Waals surface area contributed by atoms with Crippen LogP contribution in [0.3, 0.4) is 0 Å². The standard InChI is InChI=1S/C23H30F3N3O4S/c1-15-12-27-21(33-15)11-17(30)10-16-2-3-18(31-13-16)4-7-29-8-5-19-20(6-9-29)34-22(28-19)32-14-23(24,25)26/h12,16,18H,2-11,13-14H2,1H3/t16-,18-/m1/s1. The minimum Gasteiger partial charge on any atom is -0.460 e. The summed E-state index contributed by atoms with van der Waals surface area (Å²) in [6.45, 7) is 3.68. The van der Waals surface area contributed by atoms with Gasteiger partial charge in [-0.2, -0.15) is 13.2 Å². The van der Waals surface area contributed by atoms with Crippen molar-refractivity contribution in [2.75, 3.05) is 32.8 Å². The van der Waals surface area contributed by atoms with E-state index < -0.39 is 12.8 Å². The van der Waals surface area contributed by atoms with E-state index in [2.05, 4.69) is 14.9 Å². The van der Waals surface area contributed by atoms with Gasteiger partial charge >= 0.3 is 6.18 Å². The first-order valence-corrected chi connectivity index (χ1v) is 12.5. The average molecular weight is 502 g/mol. The van der Waals surface area contributed by atoms with Crippen molar-refractivity contribution in [1.82, 2.24) is 14.9 Å². The predicted octanol–water partition coefficient (Wildman–Crippen LogP) is 4.17. The van der Waals surface area contributed by atoms with Crippen LogP contribution in [0.25, 0.3) is 0 Å². The summed E-state index contributed by atoms with van der Waals surface area (Å²) < 4.78 is 53.3. The fourth-order valence-electron chi connectivity index (χ4n) is 4.44. The van der Waals surface area contributed by atoms with E-state index in [0.717, 1.165) is 55.9 Å². The van der Waals surface area contributed by atoms with E-state index in [-0.39, 0.29) is 29.4 Å². The summed E-state index contributed by atoms with van der Waals surface area (Å²) in [5.74, 6) is 1.56. The van der Waals surface area contributed by atoms with Gasteiger partial charge in [-0.05, 0) is 38.5 Å². The molecule has 0 aliphatic carbocycles. The highest BCUT2D eigenvalue weighted by atomic mass is 32.1. The molecule has 2 aromatic rings. The van der Waals surface area contributed by atoms with Gasteiger partial charge in [-0.15, -0.1) is 0 Å². The maximum atomic E-state index is 12.4. The Morgan fingerprint density at radius 2 is 2.12 bits per heavy atom. The molecule has 11 heteroatoms. The van der Waals surface area contributed by atoms with Crippen molar-refractivity contribution in [3.8, 4) is 5.19 Å². The van der Waals surface area contributed by atoms with Gasteiger partial charge in [0, 0.05) is 37.4 Å². The quantitative estimate of drug-likeness (QED) is 0.510. The number of nitrogens with zero attached hydrogens (tertiary/aromatic N) is 3. The maximum absolute atomic E-state index is 12.4. The van der Waals surface area contributed by atoms with Gasteiger partial charge in [0.25, 0.3) is 5.19 Å². The lowest BCUT2D eigenvalue weighted by Crippen LogP contribution is -2.33. The zero-order valence-electron chi connectivity index (χ0n) is 19.2. The van der Waals surface area contributed by atoms with E-state index in [1.165, 1.54) is 11.3 Å². The lowest BCUT2D eigenvalue weighted by molar-refractivity contribution is -0.153. The van der Waals surface area contributed by atoms with Gasteiger partial charge in [-0.3, -0.25) is 4.79 Å². The molecular formula is C23H30F3N3O4S. The number of ketones is 1. The first kappa shape index (κ1) is 25.1. The number of Topliss-reactive ketones (excluding diaryl/α,β-unsaturated/α-hetero) is 1. The third kappa shape index (κ3) is 7.51. The molecule has 2 atom stereocenters. The fraction of sp³-hybridized carbons (Fsp3) is 0.696. The fourth-order valence-corrected chi connectivity index (χ4v) is 5.38. The Morgan fingerprint density at radius 3 is 2.82 bits per heavy atom. The smallest absolute Gasteiger partial charge is 0.422 e. The number of aromatic nitrogens is 2. The molecule has 7 nitrogen and oxygen atoms in total. The second-order valence-electron chi connectivity index (χ2n) is 9.07. The van der Waals surface area contributed by atoms with E-state index in [1.807, 2.05) is 6.92 Å². The van der Waals surface area contributed by atoms with Crippen LogP contribution in [0, 0.1) is 12.8 Å². The van der Waals surface area contributed by atoms with Gasteiger partial charge in [-0.25, -0.2) is 9.97 Å². The largest absolute Gasteiger partial charge is 0.460 e. The van der Waals surface area contributed by atoms with E-state index in [9.17, 15) is 18.0 Å². The number of carbonyl (C=O) groups is 1. The molecule has 2 aliphatic rings. The summed E-state index contributed by atoms with van der Waals surface area (Å²) in [5, 5.41) is 0.106. The zero-order valence-corrected chi connectivity index (χ0v) is 20.1. The molecule has 0 radical (unpaired) electrons. The highest BCUT2D eigenvalue weighted by molar-refractivity contribution is 7.13. The van der Waals surface area contributed by atoms with Crippen molar-refractivity contribution in [3.05, 3.63) is 28.4 Å². The summed E-state index contributed by atoms with van der Waals surface area (Å²) in [4.78, 5) is 24.0. The Morgan fingerprint density at radius 1 is 1.29 bits per heavy atom.